The second-order valence-corrected chi connectivity index (χ2v) is 5.29. The minimum Gasteiger partial charge on any atom is -0.459 e. The molecule has 0 unspecified atom stereocenters. The van der Waals surface area contributed by atoms with Crippen LogP contribution >= 0.6 is 0 Å². The van der Waals surface area contributed by atoms with Crippen LogP contribution in [0.4, 0.5) is 0 Å². The molecule has 0 bridgehead atoms. The maximum absolute atomic E-state index is 12.4. The summed E-state index contributed by atoms with van der Waals surface area (Å²) in [6, 6.07) is 7.22. The van der Waals surface area contributed by atoms with Gasteiger partial charge in [0.2, 0.25) is 0 Å². The van der Waals surface area contributed by atoms with E-state index in [2.05, 4.69) is 15.5 Å². The van der Waals surface area contributed by atoms with Crippen LogP contribution in [-0.4, -0.2) is 32.3 Å². The van der Waals surface area contributed by atoms with E-state index in [1.54, 1.807) is 12.1 Å². The number of aromatic nitrogens is 4. The Hall–Kier alpha value is -2.24. The smallest absolute Gasteiger partial charge is 0.340 e. The number of rotatable bonds is 3. The van der Waals surface area contributed by atoms with Crippen LogP contribution in [0, 0.1) is 0 Å². The third-order valence-electron chi connectivity index (χ3n) is 3.80. The lowest BCUT2D eigenvalue weighted by atomic mass is 10.1. The van der Waals surface area contributed by atoms with E-state index in [-0.39, 0.29) is 12.1 Å². The van der Waals surface area contributed by atoms with Gasteiger partial charge in [0.1, 0.15) is 12.4 Å². The molecule has 0 N–H and O–H groups in total. The first-order valence-corrected chi connectivity index (χ1v) is 7.38. The molecule has 1 fully saturated rings. The van der Waals surface area contributed by atoms with Crippen molar-refractivity contribution in [1.29, 1.82) is 0 Å². The molecule has 0 aliphatic heterocycles. The molecule has 1 saturated carbocycles. The predicted octanol–water partition coefficient (Wildman–Crippen LogP) is 2.54. The molecule has 1 aliphatic rings. The molecule has 0 saturated heterocycles. The maximum Gasteiger partial charge on any atom is 0.340 e. The van der Waals surface area contributed by atoms with E-state index in [1.807, 2.05) is 12.1 Å². The Morgan fingerprint density at radius 3 is 2.62 bits per heavy atom. The standard InChI is InChI=1S/C15H18N4O2/c20-15(21-12-7-3-1-2-4-8-12)13-9-5-6-10-14(13)19-11-16-17-18-19/h5-6,9-12H,1-4,7-8H2. The van der Waals surface area contributed by atoms with E-state index in [4.69, 9.17) is 4.74 Å². The molecule has 6 nitrogen and oxygen atoms in total. The number of nitrogens with zero attached hydrogens (tertiary/aromatic N) is 4. The monoisotopic (exact) mass is 286 g/mol. The molecule has 0 amide bonds. The zero-order valence-corrected chi connectivity index (χ0v) is 11.8. The summed E-state index contributed by atoms with van der Waals surface area (Å²) >= 11 is 0. The molecule has 3 rings (SSSR count). The van der Waals surface area contributed by atoms with Gasteiger partial charge in [0.25, 0.3) is 0 Å². The first kappa shape index (κ1) is 13.7. The Balaban J connectivity index is 1.78. The third-order valence-corrected chi connectivity index (χ3v) is 3.80. The van der Waals surface area contributed by atoms with Crippen LogP contribution in [0.3, 0.4) is 0 Å². The van der Waals surface area contributed by atoms with Crippen LogP contribution in [0.2, 0.25) is 0 Å². The van der Waals surface area contributed by atoms with Crippen molar-refractivity contribution in [1.82, 2.24) is 20.2 Å². The van der Waals surface area contributed by atoms with Crippen molar-refractivity contribution in [2.75, 3.05) is 0 Å². The molecule has 1 heterocycles. The predicted molar refractivity (Wildman–Crippen MR) is 76.1 cm³/mol. The van der Waals surface area contributed by atoms with Crippen LogP contribution in [-0.2, 0) is 4.74 Å². The Morgan fingerprint density at radius 2 is 1.90 bits per heavy atom. The van der Waals surface area contributed by atoms with Gasteiger partial charge < -0.3 is 4.74 Å². The van der Waals surface area contributed by atoms with Crippen LogP contribution in [0.5, 0.6) is 0 Å². The van der Waals surface area contributed by atoms with Gasteiger partial charge >= 0.3 is 5.97 Å². The van der Waals surface area contributed by atoms with Crippen molar-refractivity contribution in [3.05, 3.63) is 36.2 Å². The largest absolute Gasteiger partial charge is 0.459 e. The van der Waals surface area contributed by atoms with Gasteiger partial charge in [-0.3, -0.25) is 0 Å². The number of para-hydroxylation sites is 1. The lowest BCUT2D eigenvalue weighted by molar-refractivity contribution is 0.0267. The fraction of sp³-hybridized carbons (Fsp3) is 0.467. The summed E-state index contributed by atoms with van der Waals surface area (Å²) < 4.78 is 7.15. The normalized spacial score (nSPS) is 16.4. The third kappa shape index (κ3) is 3.26. The Labute approximate surface area is 123 Å². The molecule has 0 radical (unpaired) electrons. The number of esters is 1. The number of tetrazole rings is 1. The summed E-state index contributed by atoms with van der Waals surface area (Å²) in [6.07, 6.45) is 8.14. The zero-order valence-electron chi connectivity index (χ0n) is 11.8. The van der Waals surface area contributed by atoms with Gasteiger partial charge in [0, 0.05) is 0 Å². The molecule has 0 atom stereocenters. The summed E-state index contributed by atoms with van der Waals surface area (Å²) in [5.41, 5.74) is 1.13. The van der Waals surface area contributed by atoms with Gasteiger partial charge in [0.15, 0.2) is 0 Å². The second-order valence-electron chi connectivity index (χ2n) is 5.29. The SMILES string of the molecule is O=C(OC1CCCCCC1)c1ccccc1-n1cnnn1. The van der Waals surface area contributed by atoms with Crippen molar-refractivity contribution in [3.63, 3.8) is 0 Å². The lowest BCUT2D eigenvalue weighted by Crippen LogP contribution is -2.19. The van der Waals surface area contributed by atoms with Gasteiger partial charge in [-0.1, -0.05) is 25.0 Å². The topological polar surface area (TPSA) is 69.9 Å². The quantitative estimate of drug-likeness (QED) is 0.640. The van der Waals surface area contributed by atoms with E-state index in [9.17, 15) is 4.79 Å². The first-order chi connectivity index (χ1) is 10.3. The number of ether oxygens (including phenoxy) is 1. The van der Waals surface area contributed by atoms with Crippen molar-refractivity contribution < 1.29 is 9.53 Å². The highest BCUT2D eigenvalue weighted by molar-refractivity contribution is 5.93. The number of benzene rings is 1. The van der Waals surface area contributed by atoms with Gasteiger partial charge in [-0.2, -0.15) is 4.68 Å². The Morgan fingerprint density at radius 1 is 1.14 bits per heavy atom. The van der Waals surface area contributed by atoms with E-state index < -0.39 is 0 Å². The van der Waals surface area contributed by atoms with Crippen LogP contribution in [0.25, 0.3) is 5.69 Å². The molecule has 21 heavy (non-hydrogen) atoms. The Bertz CT molecular complexity index is 589. The van der Waals surface area contributed by atoms with Crippen molar-refractivity contribution in [3.8, 4) is 5.69 Å². The van der Waals surface area contributed by atoms with E-state index in [1.165, 1.54) is 23.9 Å². The highest BCUT2D eigenvalue weighted by atomic mass is 16.5. The average Bonchev–Trinajstić information content (AvgIpc) is 2.93. The molecule has 6 heteroatoms. The first-order valence-electron chi connectivity index (χ1n) is 7.38. The fourth-order valence-electron chi connectivity index (χ4n) is 2.69. The number of hydrogen-bond donors (Lipinski definition) is 0. The van der Waals surface area contributed by atoms with E-state index in [0.717, 1.165) is 25.7 Å². The van der Waals surface area contributed by atoms with E-state index in [0.29, 0.717) is 11.3 Å². The molecule has 1 aliphatic carbocycles. The maximum atomic E-state index is 12.4. The summed E-state index contributed by atoms with van der Waals surface area (Å²) in [4.78, 5) is 12.4. The molecular formula is C15H18N4O2. The average molecular weight is 286 g/mol. The summed E-state index contributed by atoms with van der Waals surface area (Å²) in [5, 5.41) is 11.1. The summed E-state index contributed by atoms with van der Waals surface area (Å²) in [6.45, 7) is 0. The number of hydrogen-bond acceptors (Lipinski definition) is 5. The Kier molecular flexibility index (Phi) is 4.23. The molecule has 1 aromatic carbocycles. The zero-order chi connectivity index (χ0) is 14.5. The molecular weight excluding hydrogens is 268 g/mol. The highest BCUT2D eigenvalue weighted by Gasteiger charge is 2.20. The molecule has 110 valence electrons. The minimum atomic E-state index is -0.298. The van der Waals surface area contributed by atoms with Crippen molar-refractivity contribution in [2.45, 2.75) is 44.6 Å². The summed E-state index contributed by atoms with van der Waals surface area (Å²) in [7, 11) is 0. The molecule has 2 aromatic rings. The van der Waals surface area contributed by atoms with Crippen LogP contribution in [0.1, 0.15) is 48.9 Å². The lowest BCUT2D eigenvalue weighted by Gasteiger charge is -2.16. The van der Waals surface area contributed by atoms with Gasteiger partial charge in [-0.15, -0.1) is 5.10 Å². The van der Waals surface area contributed by atoms with Gasteiger partial charge in [-0.05, 0) is 48.2 Å². The minimum absolute atomic E-state index is 0.0296. The molecule has 0 spiro atoms. The van der Waals surface area contributed by atoms with Gasteiger partial charge in [0.05, 0.1) is 11.3 Å². The molecule has 1 aromatic heterocycles. The van der Waals surface area contributed by atoms with Gasteiger partial charge in [-0.25, -0.2) is 4.79 Å². The number of carbonyl (C=O) groups excluding carboxylic acids is 1. The second kappa shape index (κ2) is 6.47. The number of carbonyl (C=O) groups is 1. The van der Waals surface area contributed by atoms with Crippen LogP contribution in [0.15, 0.2) is 30.6 Å². The van der Waals surface area contributed by atoms with Crippen LogP contribution < -0.4 is 0 Å². The van der Waals surface area contributed by atoms with Crippen molar-refractivity contribution >= 4 is 5.97 Å². The van der Waals surface area contributed by atoms with E-state index >= 15 is 0 Å². The highest BCUT2D eigenvalue weighted by Crippen LogP contribution is 2.22. The van der Waals surface area contributed by atoms with Crippen molar-refractivity contribution in [2.24, 2.45) is 0 Å². The summed E-state index contributed by atoms with van der Waals surface area (Å²) in [5.74, 6) is -0.298. The fourth-order valence-corrected chi connectivity index (χ4v) is 2.69.